The van der Waals surface area contributed by atoms with Crippen LogP contribution in [0.1, 0.15) is 48.4 Å². The zero-order chi connectivity index (χ0) is 23.4. The number of aryl methyl sites for hydroxylation is 1. The van der Waals surface area contributed by atoms with E-state index in [0.717, 1.165) is 5.56 Å². The first kappa shape index (κ1) is 23.1. The third kappa shape index (κ3) is 4.82. The molecule has 2 heterocycles. The second-order valence-corrected chi connectivity index (χ2v) is 7.69. The number of aromatic nitrogens is 3. The van der Waals surface area contributed by atoms with E-state index < -0.39 is 18.0 Å². The summed E-state index contributed by atoms with van der Waals surface area (Å²) in [6, 6.07) is 7.09. The number of carbonyl (C=O) groups excluding carboxylic acids is 2. The van der Waals surface area contributed by atoms with Crippen LogP contribution in [0.3, 0.4) is 0 Å². The molecular formula is C23H28N4O5. The Kier molecular flexibility index (Phi) is 6.97. The van der Waals surface area contributed by atoms with Crippen molar-refractivity contribution in [2.75, 3.05) is 14.2 Å². The summed E-state index contributed by atoms with van der Waals surface area (Å²) >= 11 is 0. The molecule has 3 aromatic rings. The van der Waals surface area contributed by atoms with Crippen LogP contribution in [0.15, 0.2) is 30.5 Å². The van der Waals surface area contributed by atoms with E-state index in [2.05, 4.69) is 15.4 Å². The van der Waals surface area contributed by atoms with Crippen LogP contribution < -0.4 is 14.8 Å². The van der Waals surface area contributed by atoms with E-state index in [4.69, 9.17) is 14.2 Å². The number of benzene rings is 1. The Labute approximate surface area is 186 Å². The molecule has 0 saturated heterocycles. The van der Waals surface area contributed by atoms with Crippen molar-refractivity contribution in [3.05, 3.63) is 47.3 Å². The lowest BCUT2D eigenvalue weighted by atomic mass is 10.1. The van der Waals surface area contributed by atoms with Gasteiger partial charge in [-0.1, -0.05) is 6.07 Å². The van der Waals surface area contributed by atoms with Gasteiger partial charge >= 0.3 is 5.97 Å². The quantitative estimate of drug-likeness (QED) is 0.536. The highest BCUT2D eigenvalue weighted by atomic mass is 16.5. The lowest BCUT2D eigenvalue weighted by Gasteiger charge is -2.15. The highest BCUT2D eigenvalue weighted by molar-refractivity contribution is 6.03. The highest BCUT2D eigenvalue weighted by Gasteiger charge is 2.23. The normalized spacial score (nSPS) is 12.0. The summed E-state index contributed by atoms with van der Waals surface area (Å²) in [6.07, 6.45) is 0.617. The molecule has 0 saturated carbocycles. The van der Waals surface area contributed by atoms with Crippen LogP contribution in [0, 0.1) is 6.92 Å². The second kappa shape index (κ2) is 9.67. The Morgan fingerprint density at radius 3 is 2.47 bits per heavy atom. The molecule has 0 spiro atoms. The highest BCUT2D eigenvalue weighted by Crippen LogP contribution is 2.27. The summed E-state index contributed by atoms with van der Waals surface area (Å²) in [5, 5.41) is 7.69. The molecule has 1 amide bonds. The van der Waals surface area contributed by atoms with Crippen molar-refractivity contribution in [3.63, 3.8) is 0 Å². The summed E-state index contributed by atoms with van der Waals surface area (Å²) in [7, 11) is 3.10. The first-order valence-electron chi connectivity index (χ1n) is 10.3. The van der Waals surface area contributed by atoms with E-state index in [1.54, 1.807) is 50.2 Å². The molecule has 1 aromatic carbocycles. The summed E-state index contributed by atoms with van der Waals surface area (Å²) < 4.78 is 17.7. The SMILES string of the molecule is COc1ccc(CNC(=O)C(C)OC(=O)c2cc(C)nc3c2cnn3C(C)C)cc1OC. The van der Waals surface area contributed by atoms with Gasteiger partial charge in [-0.25, -0.2) is 14.5 Å². The first-order chi connectivity index (χ1) is 15.2. The number of carbonyl (C=O) groups is 2. The second-order valence-electron chi connectivity index (χ2n) is 7.69. The Hall–Kier alpha value is -3.62. The Morgan fingerprint density at radius 2 is 1.81 bits per heavy atom. The van der Waals surface area contributed by atoms with Crippen LogP contribution >= 0.6 is 0 Å². The molecule has 2 aromatic heterocycles. The molecule has 0 bridgehead atoms. The van der Waals surface area contributed by atoms with Gasteiger partial charge in [0.15, 0.2) is 23.3 Å². The van der Waals surface area contributed by atoms with Crippen LogP contribution in [-0.4, -0.2) is 47.0 Å². The minimum atomic E-state index is -0.980. The summed E-state index contributed by atoms with van der Waals surface area (Å²) in [6.45, 7) is 7.55. The molecule has 0 radical (unpaired) electrons. The van der Waals surface area contributed by atoms with Crippen molar-refractivity contribution in [1.29, 1.82) is 0 Å². The molecule has 0 aliphatic rings. The van der Waals surface area contributed by atoms with E-state index in [0.29, 0.717) is 33.8 Å². The van der Waals surface area contributed by atoms with Crippen molar-refractivity contribution >= 4 is 22.9 Å². The van der Waals surface area contributed by atoms with E-state index in [9.17, 15) is 9.59 Å². The number of ether oxygens (including phenoxy) is 3. The fourth-order valence-electron chi connectivity index (χ4n) is 3.29. The molecular weight excluding hydrogens is 412 g/mol. The number of methoxy groups -OCH3 is 2. The molecule has 0 aliphatic heterocycles. The molecule has 1 unspecified atom stereocenters. The lowest BCUT2D eigenvalue weighted by molar-refractivity contribution is -0.129. The lowest BCUT2D eigenvalue weighted by Crippen LogP contribution is -2.35. The zero-order valence-corrected chi connectivity index (χ0v) is 19.1. The molecule has 0 aliphatic carbocycles. The van der Waals surface area contributed by atoms with Crippen molar-refractivity contribution in [1.82, 2.24) is 20.1 Å². The molecule has 1 atom stereocenters. The number of hydrogen-bond acceptors (Lipinski definition) is 7. The van der Waals surface area contributed by atoms with Crippen molar-refractivity contribution in [3.8, 4) is 11.5 Å². The molecule has 9 nitrogen and oxygen atoms in total. The number of rotatable bonds is 8. The smallest absolute Gasteiger partial charge is 0.339 e. The van der Waals surface area contributed by atoms with E-state index in [-0.39, 0.29) is 12.6 Å². The van der Waals surface area contributed by atoms with Crippen LogP contribution in [0.2, 0.25) is 0 Å². The average Bonchev–Trinajstić information content (AvgIpc) is 3.20. The van der Waals surface area contributed by atoms with Crippen LogP contribution in [0.5, 0.6) is 11.5 Å². The monoisotopic (exact) mass is 440 g/mol. The van der Waals surface area contributed by atoms with Gasteiger partial charge in [-0.2, -0.15) is 5.10 Å². The number of nitrogens with one attached hydrogen (secondary N) is 1. The van der Waals surface area contributed by atoms with Gasteiger partial charge in [-0.3, -0.25) is 4.79 Å². The Morgan fingerprint density at radius 1 is 1.09 bits per heavy atom. The maximum absolute atomic E-state index is 12.8. The van der Waals surface area contributed by atoms with Crippen molar-refractivity contribution < 1.29 is 23.8 Å². The van der Waals surface area contributed by atoms with Crippen LogP contribution in [0.25, 0.3) is 11.0 Å². The topological polar surface area (TPSA) is 105 Å². The fourth-order valence-corrected chi connectivity index (χ4v) is 3.29. The van der Waals surface area contributed by atoms with Crippen LogP contribution in [0.4, 0.5) is 0 Å². The largest absolute Gasteiger partial charge is 0.493 e. The predicted octanol–water partition coefficient (Wildman–Crippen LogP) is 3.20. The number of hydrogen-bond donors (Lipinski definition) is 1. The van der Waals surface area contributed by atoms with Crippen molar-refractivity contribution in [2.45, 2.75) is 46.4 Å². The molecule has 170 valence electrons. The summed E-state index contributed by atoms with van der Waals surface area (Å²) in [4.78, 5) is 29.8. The maximum atomic E-state index is 12.8. The zero-order valence-electron chi connectivity index (χ0n) is 19.1. The molecule has 0 fully saturated rings. The minimum absolute atomic E-state index is 0.0898. The van der Waals surface area contributed by atoms with Crippen molar-refractivity contribution in [2.24, 2.45) is 0 Å². The maximum Gasteiger partial charge on any atom is 0.339 e. The number of fused-ring (bicyclic) bond motifs is 1. The molecule has 1 N–H and O–H groups in total. The summed E-state index contributed by atoms with van der Waals surface area (Å²) in [5.74, 6) is 0.160. The number of pyridine rings is 1. The van der Waals surface area contributed by atoms with Gasteiger partial charge in [0.1, 0.15) is 0 Å². The van der Waals surface area contributed by atoms with Gasteiger partial charge in [0.05, 0.1) is 31.4 Å². The van der Waals surface area contributed by atoms with Gasteiger partial charge < -0.3 is 19.5 Å². The van der Waals surface area contributed by atoms with E-state index in [1.165, 1.54) is 6.92 Å². The van der Waals surface area contributed by atoms with Gasteiger partial charge in [0, 0.05) is 18.3 Å². The minimum Gasteiger partial charge on any atom is -0.493 e. The molecule has 32 heavy (non-hydrogen) atoms. The van der Waals surface area contributed by atoms with E-state index >= 15 is 0 Å². The number of amides is 1. The van der Waals surface area contributed by atoms with Gasteiger partial charge in [-0.15, -0.1) is 0 Å². The third-order valence-corrected chi connectivity index (χ3v) is 4.97. The van der Waals surface area contributed by atoms with Gasteiger partial charge in [-0.05, 0) is 51.5 Å². The Bertz CT molecular complexity index is 1140. The van der Waals surface area contributed by atoms with Gasteiger partial charge in [0.2, 0.25) is 0 Å². The number of esters is 1. The Balaban J connectivity index is 1.69. The standard InChI is InChI=1S/C23H28N4O5/c1-13(2)27-21-18(12-25-27)17(9-14(3)26-21)23(29)32-15(4)22(28)24-11-16-7-8-19(30-5)20(10-16)31-6/h7-10,12-13,15H,11H2,1-6H3,(H,24,28). The molecule has 3 rings (SSSR count). The van der Waals surface area contributed by atoms with Crippen LogP contribution in [-0.2, 0) is 16.1 Å². The van der Waals surface area contributed by atoms with Gasteiger partial charge in [0.25, 0.3) is 5.91 Å². The first-order valence-corrected chi connectivity index (χ1v) is 10.3. The third-order valence-electron chi connectivity index (χ3n) is 4.97. The fraction of sp³-hybridized carbons (Fsp3) is 0.391. The average molecular weight is 441 g/mol. The predicted molar refractivity (Wildman–Crippen MR) is 119 cm³/mol. The number of nitrogens with zero attached hydrogens (tertiary/aromatic N) is 3. The van der Waals surface area contributed by atoms with E-state index in [1.807, 2.05) is 19.9 Å². The summed E-state index contributed by atoms with van der Waals surface area (Å²) in [5.41, 5.74) is 2.43. The molecule has 9 heteroatoms.